The van der Waals surface area contributed by atoms with E-state index >= 15 is 0 Å². The second kappa shape index (κ2) is 4.31. The number of aliphatic hydroxyl groups excluding tert-OH is 1. The fourth-order valence-electron chi connectivity index (χ4n) is 0.983. The van der Waals surface area contributed by atoms with Crippen molar-refractivity contribution in [1.82, 2.24) is 0 Å². The molecule has 0 aromatic carbocycles. The Balaban J connectivity index is 2.33. The summed E-state index contributed by atoms with van der Waals surface area (Å²) in [6.07, 6.45) is 7.72. The van der Waals surface area contributed by atoms with E-state index in [2.05, 4.69) is 6.92 Å². The Hall–Kier alpha value is -0.600. The molecule has 0 aliphatic heterocycles. The van der Waals surface area contributed by atoms with Crippen LogP contribution in [0.5, 0.6) is 0 Å². The second-order valence-corrected chi connectivity index (χ2v) is 2.60. The second-order valence-electron chi connectivity index (χ2n) is 2.60. The lowest BCUT2D eigenvalue weighted by molar-refractivity contribution is 0.0106. The van der Waals surface area contributed by atoms with Gasteiger partial charge in [-0.2, -0.15) is 0 Å². The molecule has 1 aliphatic rings. The molecule has 0 saturated heterocycles. The van der Waals surface area contributed by atoms with Gasteiger partial charge in [-0.3, -0.25) is 0 Å². The summed E-state index contributed by atoms with van der Waals surface area (Å²) in [5, 5.41) is 9.33. The molecule has 2 nitrogen and oxygen atoms in total. The summed E-state index contributed by atoms with van der Waals surface area (Å²) >= 11 is 0. The minimum Gasteiger partial charge on any atom is -0.386 e. The van der Waals surface area contributed by atoms with Crippen molar-refractivity contribution >= 4 is 0 Å². The fourth-order valence-corrected chi connectivity index (χ4v) is 0.983. The maximum Gasteiger partial charge on any atom is 0.105 e. The Labute approximate surface area is 67.2 Å². The van der Waals surface area contributed by atoms with Gasteiger partial charge in [0.25, 0.3) is 0 Å². The average Bonchev–Trinajstić information content (AvgIpc) is 2.03. The van der Waals surface area contributed by atoms with E-state index in [4.69, 9.17) is 4.74 Å². The van der Waals surface area contributed by atoms with Crippen LogP contribution < -0.4 is 0 Å². The van der Waals surface area contributed by atoms with Crippen molar-refractivity contribution in [1.29, 1.82) is 0 Å². The number of hydrogen-bond acceptors (Lipinski definition) is 2. The molecular formula is C9H14O2. The van der Waals surface area contributed by atoms with Gasteiger partial charge in [-0.1, -0.05) is 31.2 Å². The summed E-state index contributed by atoms with van der Waals surface area (Å²) in [7, 11) is 0. The van der Waals surface area contributed by atoms with Crippen LogP contribution in [0.2, 0.25) is 0 Å². The van der Waals surface area contributed by atoms with Crippen molar-refractivity contribution in [3.05, 3.63) is 24.3 Å². The number of allylic oxidation sites excluding steroid dienone is 2. The van der Waals surface area contributed by atoms with Gasteiger partial charge in [0.1, 0.15) is 12.2 Å². The highest BCUT2D eigenvalue weighted by molar-refractivity contribution is 5.16. The molecule has 0 saturated carbocycles. The Morgan fingerprint density at radius 1 is 1.36 bits per heavy atom. The molecule has 0 aromatic rings. The van der Waals surface area contributed by atoms with Gasteiger partial charge in [-0.05, 0) is 6.42 Å². The Morgan fingerprint density at radius 3 is 2.73 bits per heavy atom. The third-order valence-corrected chi connectivity index (χ3v) is 1.57. The first kappa shape index (κ1) is 8.50. The van der Waals surface area contributed by atoms with Gasteiger partial charge in [0, 0.05) is 6.61 Å². The largest absolute Gasteiger partial charge is 0.386 e. The molecule has 2 atom stereocenters. The first-order valence-corrected chi connectivity index (χ1v) is 3.99. The van der Waals surface area contributed by atoms with Crippen molar-refractivity contribution in [2.45, 2.75) is 25.6 Å². The lowest BCUT2D eigenvalue weighted by Crippen LogP contribution is -2.26. The Kier molecular flexibility index (Phi) is 3.33. The highest BCUT2D eigenvalue weighted by Crippen LogP contribution is 2.08. The molecule has 0 amide bonds. The molecule has 62 valence electrons. The molecule has 0 aromatic heterocycles. The summed E-state index contributed by atoms with van der Waals surface area (Å²) in [6, 6.07) is 0. The minimum atomic E-state index is -0.466. The summed E-state index contributed by atoms with van der Waals surface area (Å²) in [5.41, 5.74) is 0. The molecule has 0 heterocycles. The molecule has 11 heavy (non-hydrogen) atoms. The number of ether oxygens (including phenoxy) is 1. The van der Waals surface area contributed by atoms with Crippen LogP contribution in [0.1, 0.15) is 13.3 Å². The fraction of sp³-hybridized carbons (Fsp3) is 0.556. The smallest absolute Gasteiger partial charge is 0.105 e. The van der Waals surface area contributed by atoms with Crippen molar-refractivity contribution in [2.75, 3.05) is 6.61 Å². The van der Waals surface area contributed by atoms with E-state index in [0.29, 0.717) is 6.61 Å². The monoisotopic (exact) mass is 154 g/mol. The van der Waals surface area contributed by atoms with Crippen molar-refractivity contribution in [3.8, 4) is 0 Å². The topological polar surface area (TPSA) is 29.5 Å². The van der Waals surface area contributed by atoms with E-state index < -0.39 is 6.10 Å². The third kappa shape index (κ3) is 2.48. The standard InChI is InChI=1S/C9H14O2/c1-2-7-11-9-6-4-3-5-8(9)10/h3-6,8-10H,2,7H2,1H3. The molecule has 0 fully saturated rings. The van der Waals surface area contributed by atoms with Crippen LogP contribution in [0.4, 0.5) is 0 Å². The van der Waals surface area contributed by atoms with Crippen LogP contribution in [-0.2, 0) is 4.74 Å². The van der Waals surface area contributed by atoms with E-state index in [9.17, 15) is 5.11 Å². The van der Waals surface area contributed by atoms with Gasteiger partial charge in [0.2, 0.25) is 0 Å². The summed E-state index contributed by atoms with van der Waals surface area (Å²) < 4.78 is 5.36. The van der Waals surface area contributed by atoms with Crippen molar-refractivity contribution in [2.24, 2.45) is 0 Å². The predicted octanol–water partition coefficient (Wildman–Crippen LogP) is 1.27. The van der Waals surface area contributed by atoms with E-state index in [1.54, 1.807) is 6.08 Å². The zero-order chi connectivity index (χ0) is 8.10. The molecule has 1 rings (SSSR count). The van der Waals surface area contributed by atoms with E-state index in [0.717, 1.165) is 6.42 Å². The quantitative estimate of drug-likeness (QED) is 0.663. The Bertz CT molecular complexity index is 161. The molecule has 2 heteroatoms. The van der Waals surface area contributed by atoms with Gasteiger partial charge in [-0.25, -0.2) is 0 Å². The maximum atomic E-state index is 9.33. The molecular weight excluding hydrogens is 140 g/mol. The van der Waals surface area contributed by atoms with Crippen LogP contribution in [0, 0.1) is 0 Å². The van der Waals surface area contributed by atoms with E-state index in [-0.39, 0.29) is 6.10 Å². The first-order valence-electron chi connectivity index (χ1n) is 3.99. The van der Waals surface area contributed by atoms with Crippen LogP contribution in [0.3, 0.4) is 0 Å². The molecule has 2 unspecified atom stereocenters. The minimum absolute atomic E-state index is 0.139. The van der Waals surface area contributed by atoms with Gasteiger partial charge < -0.3 is 9.84 Å². The highest BCUT2D eigenvalue weighted by atomic mass is 16.5. The van der Waals surface area contributed by atoms with Crippen LogP contribution >= 0.6 is 0 Å². The number of rotatable bonds is 3. The van der Waals surface area contributed by atoms with Gasteiger partial charge in [0.05, 0.1) is 0 Å². The van der Waals surface area contributed by atoms with E-state index in [1.807, 2.05) is 18.2 Å². The van der Waals surface area contributed by atoms with Gasteiger partial charge in [0.15, 0.2) is 0 Å². The third-order valence-electron chi connectivity index (χ3n) is 1.57. The number of aliphatic hydroxyl groups is 1. The zero-order valence-corrected chi connectivity index (χ0v) is 6.73. The summed E-state index contributed by atoms with van der Waals surface area (Å²) in [6.45, 7) is 2.76. The molecule has 0 spiro atoms. The first-order chi connectivity index (χ1) is 5.34. The lowest BCUT2D eigenvalue weighted by Gasteiger charge is -2.19. The number of hydrogen-bond donors (Lipinski definition) is 1. The maximum absolute atomic E-state index is 9.33. The predicted molar refractivity (Wildman–Crippen MR) is 44.3 cm³/mol. The Morgan fingerprint density at radius 2 is 2.09 bits per heavy atom. The molecule has 1 N–H and O–H groups in total. The average molecular weight is 154 g/mol. The molecule has 0 bridgehead atoms. The van der Waals surface area contributed by atoms with Crippen molar-refractivity contribution < 1.29 is 9.84 Å². The summed E-state index contributed by atoms with van der Waals surface area (Å²) in [5.74, 6) is 0. The van der Waals surface area contributed by atoms with Crippen LogP contribution in [0.15, 0.2) is 24.3 Å². The van der Waals surface area contributed by atoms with Crippen LogP contribution in [-0.4, -0.2) is 23.9 Å². The van der Waals surface area contributed by atoms with Crippen LogP contribution in [0.25, 0.3) is 0 Å². The highest BCUT2D eigenvalue weighted by Gasteiger charge is 2.14. The van der Waals surface area contributed by atoms with Crippen molar-refractivity contribution in [3.63, 3.8) is 0 Å². The SMILES string of the molecule is CCCOC1C=CC=CC1O. The van der Waals surface area contributed by atoms with E-state index in [1.165, 1.54) is 0 Å². The van der Waals surface area contributed by atoms with Gasteiger partial charge in [-0.15, -0.1) is 0 Å². The van der Waals surface area contributed by atoms with Gasteiger partial charge >= 0.3 is 0 Å². The molecule has 1 aliphatic carbocycles. The molecule has 0 radical (unpaired) electrons. The lowest BCUT2D eigenvalue weighted by atomic mass is 10.1. The summed E-state index contributed by atoms with van der Waals surface area (Å²) in [4.78, 5) is 0. The zero-order valence-electron chi connectivity index (χ0n) is 6.73. The normalized spacial score (nSPS) is 29.3.